The number of nitrogens with one attached hydrogen (secondary N) is 1. The fourth-order valence-corrected chi connectivity index (χ4v) is 2.75. The lowest BCUT2D eigenvalue weighted by Crippen LogP contribution is -2.15. The van der Waals surface area contributed by atoms with E-state index >= 15 is 0 Å². The monoisotopic (exact) mass is 288 g/mol. The quantitative estimate of drug-likeness (QED) is 0.852. The topological polar surface area (TPSA) is 44.0 Å². The van der Waals surface area contributed by atoms with E-state index in [1.54, 1.807) is 0 Å². The minimum atomic E-state index is 0.334. The van der Waals surface area contributed by atoms with Gasteiger partial charge in [-0.2, -0.15) is 5.10 Å². The molecule has 1 aliphatic rings. The minimum Gasteiger partial charge on any atom is -0.378 e. The van der Waals surface area contributed by atoms with Crippen molar-refractivity contribution in [2.75, 3.05) is 11.9 Å². The lowest BCUT2D eigenvalue weighted by atomic mass is 10.2. The molecule has 0 saturated carbocycles. The van der Waals surface area contributed by atoms with E-state index in [0.29, 0.717) is 6.10 Å². The number of nitrogens with zero attached hydrogens (tertiary/aromatic N) is 3. The molecular formula is C16H24N4O. The Morgan fingerprint density at radius 3 is 3.19 bits per heavy atom. The van der Waals surface area contributed by atoms with Crippen molar-refractivity contribution in [2.45, 2.75) is 51.9 Å². The van der Waals surface area contributed by atoms with E-state index in [9.17, 15) is 0 Å². The predicted octanol–water partition coefficient (Wildman–Crippen LogP) is 2.89. The summed E-state index contributed by atoms with van der Waals surface area (Å²) in [7, 11) is 0. The van der Waals surface area contributed by atoms with Crippen LogP contribution in [0.1, 0.15) is 31.7 Å². The Morgan fingerprint density at radius 1 is 1.43 bits per heavy atom. The zero-order valence-corrected chi connectivity index (χ0v) is 12.7. The largest absolute Gasteiger partial charge is 0.378 e. The molecule has 1 atom stereocenters. The molecule has 3 rings (SSSR count). The van der Waals surface area contributed by atoms with Crippen molar-refractivity contribution in [2.24, 2.45) is 0 Å². The van der Waals surface area contributed by atoms with Gasteiger partial charge < -0.3 is 14.6 Å². The molecule has 0 radical (unpaired) electrons. The molecule has 5 nitrogen and oxygen atoms in total. The first kappa shape index (κ1) is 14.2. The average Bonchev–Trinajstić information content (AvgIpc) is 3.20. The van der Waals surface area contributed by atoms with Gasteiger partial charge in [0.2, 0.25) is 0 Å². The standard InChI is InChI=1S/C16H24N4O/c1-2-6-19-7-5-14(11-19)9-17-15-10-18-20(12-15)13-16-4-3-8-21-16/h5,7,10-12,16-17H,2-4,6,8-9,13H2,1H3. The second kappa shape index (κ2) is 6.80. The van der Waals surface area contributed by atoms with Crippen LogP contribution in [0.25, 0.3) is 0 Å². The molecule has 0 spiro atoms. The summed E-state index contributed by atoms with van der Waals surface area (Å²) >= 11 is 0. The van der Waals surface area contributed by atoms with Crippen LogP contribution in [-0.4, -0.2) is 27.1 Å². The third kappa shape index (κ3) is 3.88. The smallest absolute Gasteiger partial charge is 0.0771 e. The summed E-state index contributed by atoms with van der Waals surface area (Å²) in [5.74, 6) is 0. The molecule has 1 fully saturated rings. The fourth-order valence-electron chi connectivity index (χ4n) is 2.75. The normalized spacial score (nSPS) is 18.2. The molecular weight excluding hydrogens is 264 g/mol. The number of aryl methyl sites for hydroxylation is 1. The lowest BCUT2D eigenvalue weighted by Gasteiger charge is -2.08. The van der Waals surface area contributed by atoms with Crippen LogP contribution in [0.3, 0.4) is 0 Å². The predicted molar refractivity (Wildman–Crippen MR) is 83.3 cm³/mol. The van der Waals surface area contributed by atoms with Gasteiger partial charge in [0.05, 0.1) is 24.5 Å². The summed E-state index contributed by atoms with van der Waals surface area (Å²) < 4.78 is 9.84. The zero-order chi connectivity index (χ0) is 14.5. The van der Waals surface area contributed by atoms with Crippen molar-refractivity contribution in [1.29, 1.82) is 0 Å². The van der Waals surface area contributed by atoms with Crippen LogP contribution >= 0.6 is 0 Å². The Morgan fingerprint density at radius 2 is 2.38 bits per heavy atom. The van der Waals surface area contributed by atoms with Crippen LogP contribution in [0.2, 0.25) is 0 Å². The van der Waals surface area contributed by atoms with Gasteiger partial charge in [-0.3, -0.25) is 4.68 Å². The van der Waals surface area contributed by atoms with E-state index in [1.807, 2.05) is 10.9 Å². The van der Waals surface area contributed by atoms with Gasteiger partial charge in [-0.25, -0.2) is 0 Å². The van der Waals surface area contributed by atoms with Gasteiger partial charge >= 0.3 is 0 Å². The Kier molecular flexibility index (Phi) is 4.60. The average molecular weight is 288 g/mol. The number of ether oxygens (including phenoxy) is 1. The molecule has 0 amide bonds. The van der Waals surface area contributed by atoms with E-state index in [2.05, 4.69) is 46.6 Å². The second-order valence-electron chi connectivity index (χ2n) is 5.70. The van der Waals surface area contributed by atoms with E-state index in [-0.39, 0.29) is 0 Å². The van der Waals surface area contributed by atoms with Gasteiger partial charge in [-0.15, -0.1) is 0 Å². The summed E-state index contributed by atoms with van der Waals surface area (Å²) in [5.41, 5.74) is 2.37. The molecule has 0 aliphatic carbocycles. The van der Waals surface area contributed by atoms with Crippen molar-refractivity contribution in [3.05, 3.63) is 36.4 Å². The number of rotatable bonds is 7. The molecule has 5 heteroatoms. The Balaban J connectivity index is 1.49. The van der Waals surface area contributed by atoms with Gasteiger partial charge in [0.25, 0.3) is 0 Å². The van der Waals surface area contributed by atoms with Crippen molar-refractivity contribution < 1.29 is 4.74 Å². The number of hydrogen-bond acceptors (Lipinski definition) is 3. The van der Waals surface area contributed by atoms with Gasteiger partial charge in [-0.05, 0) is 30.9 Å². The van der Waals surface area contributed by atoms with E-state index in [0.717, 1.165) is 44.8 Å². The Labute approximate surface area is 125 Å². The third-order valence-electron chi connectivity index (χ3n) is 3.84. The van der Waals surface area contributed by atoms with Crippen LogP contribution < -0.4 is 5.32 Å². The van der Waals surface area contributed by atoms with Gasteiger partial charge in [-0.1, -0.05) is 6.92 Å². The van der Waals surface area contributed by atoms with Gasteiger partial charge in [0, 0.05) is 38.3 Å². The maximum absolute atomic E-state index is 5.64. The zero-order valence-electron chi connectivity index (χ0n) is 12.7. The SMILES string of the molecule is CCCn1ccc(CNc2cnn(CC3CCCO3)c2)c1. The molecule has 2 aromatic heterocycles. The molecule has 1 unspecified atom stereocenters. The highest BCUT2D eigenvalue weighted by Crippen LogP contribution is 2.15. The summed E-state index contributed by atoms with van der Waals surface area (Å²) in [6.07, 6.45) is 12.1. The van der Waals surface area contributed by atoms with Crippen LogP contribution in [0.15, 0.2) is 30.9 Å². The number of anilines is 1. The first-order chi connectivity index (χ1) is 10.3. The van der Waals surface area contributed by atoms with E-state index in [4.69, 9.17) is 4.74 Å². The third-order valence-corrected chi connectivity index (χ3v) is 3.84. The molecule has 0 aromatic carbocycles. The molecule has 1 aliphatic heterocycles. The first-order valence-electron chi connectivity index (χ1n) is 7.86. The van der Waals surface area contributed by atoms with Crippen molar-refractivity contribution in [1.82, 2.24) is 14.3 Å². The van der Waals surface area contributed by atoms with Gasteiger partial charge in [0.1, 0.15) is 0 Å². The Hall–Kier alpha value is -1.75. The van der Waals surface area contributed by atoms with Crippen molar-refractivity contribution in [3.63, 3.8) is 0 Å². The summed E-state index contributed by atoms with van der Waals surface area (Å²) in [6, 6.07) is 2.17. The van der Waals surface area contributed by atoms with Crippen molar-refractivity contribution >= 4 is 5.69 Å². The second-order valence-corrected chi connectivity index (χ2v) is 5.70. The summed E-state index contributed by atoms with van der Waals surface area (Å²) in [4.78, 5) is 0. The van der Waals surface area contributed by atoms with E-state index < -0.39 is 0 Å². The van der Waals surface area contributed by atoms with E-state index in [1.165, 1.54) is 12.0 Å². The molecule has 21 heavy (non-hydrogen) atoms. The summed E-state index contributed by atoms with van der Waals surface area (Å²) in [6.45, 7) is 5.86. The Bertz CT molecular complexity index is 554. The fraction of sp³-hybridized carbons (Fsp3) is 0.562. The molecule has 114 valence electrons. The highest BCUT2D eigenvalue weighted by atomic mass is 16.5. The first-order valence-corrected chi connectivity index (χ1v) is 7.86. The molecule has 1 saturated heterocycles. The number of aromatic nitrogens is 3. The van der Waals surface area contributed by atoms with Crippen molar-refractivity contribution in [3.8, 4) is 0 Å². The minimum absolute atomic E-state index is 0.334. The summed E-state index contributed by atoms with van der Waals surface area (Å²) in [5, 5.41) is 7.82. The maximum Gasteiger partial charge on any atom is 0.0771 e. The van der Waals surface area contributed by atoms with Crippen LogP contribution in [0.4, 0.5) is 5.69 Å². The lowest BCUT2D eigenvalue weighted by molar-refractivity contribution is 0.0940. The van der Waals surface area contributed by atoms with Crippen LogP contribution in [0.5, 0.6) is 0 Å². The highest BCUT2D eigenvalue weighted by molar-refractivity contribution is 5.39. The van der Waals surface area contributed by atoms with Crippen LogP contribution in [0, 0.1) is 0 Å². The highest BCUT2D eigenvalue weighted by Gasteiger charge is 2.16. The number of hydrogen-bond donors (Lipinski definition) is 1. The molecule has 3 heterocycles. The molecule has 2 aromatic rings. The van der Waals surface area contributed by atoms with Gasteiger partial charge in [0.15, 0.2) is 0 Å². The maximum atomic E-state index is 5.64. The van der Waals surface area contributed by atoms with Crippen LogP contribution in [-0.2, 0) is 24.4 Å². The molecule has 1 N–H and O–H groups in total. The molecule has 0 bridgehead atoms.